The number of anilines is 1. The monoisotopic (exact) mass is 215 g/mol. The Hall–Kier alpha value is -0.870. The van der Waals surface area contributed by atoms with Crippen LogP contribution in [0.2, 0.25) is 5.15 Å². The van der Waals surface area contributed by atoms with E-state index in [0.29, 0.717) is 24.1 Å². The van der Waals surface area contributed by atoms with Gasteiger partial charge >= 0.3 is 0 Å². The molecule has 0 atom stereocenters. The van der Waals surface area contributed by atoms with E-state index in [1.54, 1.807) is 0 Å². The molecule has 0 bridgehead atoms. The number of nitrogens with zero attached hydrogens (tertiary/aromatic N) is 2. The Labute approximate surface area is 88.3 Å². The lowest BCUT2D eigenvalue weighted by Gasteiger charge is -2.07. The summed E-state index contributed by atoms with van der Waals surface area (Å²) in [7, 11) is 0. The fraction of sp³-hybridized carbons (Fsp3) is 0.556. The second-order valence-corrected chi connectivity index (χ2v) is 3.41. The summed E-state index contributed by atoms with van der Waals surface area (Å²) < 4.78 is 0. The first kappa shape index (κ1) is 11.2. The summed E-state index contributed by atoms with van der Waals surface area (Å²) in [5.74, 6) is 0.520. The molecule has 0 unspecified atom stereocenters. The Bertz CT molecular complexity index is 294. The van der Waals surface area contributed by atoms with Gasteiger partial charge in [-0.1, -0.05) is 11.6 Å². The van der Waals surface area contributed by atoms with Crippen LogP contribution >= 0.6 is 11.6 Å². The van der Waals surface area contributed by atoms with E-state index >= 15 is 0 Å². The maximum absolute atomic E-state index is 8.59. The van der Waals surface area contributed by atoms with Crippen molar-refractivity contribution in [2.45, 2.75) is 20.3 Å². The van der Waals surface area contributed by atoms with E-state index in [1.807, 2.05) is 13.8 Å². The van der Waals surface area contributed by atoms with Crippen LogP contribution in [0.15, 0.2) is 0 Å². The zero-order valence-electron chi connectivity index (χ0n) is 8.34. The van der Waals surface area contributed by atoms with E-state index in [4.69, 9.17) is 16.7 Å². The minimum absolute atomic E-state index is 0.158. The Balaban J connectivity index is 2.69. The zero-order chi connectivity index (χ0) is 10.6. The summed E-state index contributed by atoms with van der Waals surface area (Å²) in [5, 5.41) is 12.1. The molecule has 0 radical (unpaired) electrons. The topological polar surface area (TPSA) is 58.0 Å². The highest BCUT2D eigenvalue weighted by Crippen LogP contribution is 2.16. The van der Waals surface area contributed by atoms with Crippen LogP contribution in [0.1, 0.15) is 17.7 Å². The summed E-state index contributed by atoms with van der Waals surface area (Å²) in [6, 6.07) is 0. The van der Waals surface area contributed by atoms with Gasteiger partial charge in [0.15, 0.2) is 0 Å². The quantitative estimate of drug-likeness (QED) is 0.591. The first-order valence-corrected chi connectivity index (χ1v) is 4.88. The molecule has 0 saturated carbocycles. The third-order valence-corrected chi connectivity index (χ3v) is 2.32. The molecule has 1 rings (SSSR count). The number of aliphatic hydroxyl groups is 1. The highest BCUT2D eigenvalue weighted by molar-refractivity contribution is 6.30. The van der Waals surface area contributed by atoms with Gasteiger partial charge in [0.2, 0.25) is 5.95 Å². The van der Waals surface area contributed by atoms with Crippen molar-refractivity contribution in [3.8, 4) is 0 Å². The number of aromatic nitrogens is 2. The van der Waals surface area contributed by atoms with Gasteiger partial charge in [0.1, 0.15) is 5.15 Å². The molecule has 0 fully saturated rings. The van der Waals surface area contributed by atoms with E-state index in [1.165, 1.54) is 0 Å². The van der Waals surface area contributed by atoms with Gasteiger partial charge in [-0.2, -0.15) is 0 Å². The first-order chi connectivity index (χ1) is 6.65. The molecule has 0 aromatic carbocycles. The Morgan fingerprint density at radius 2 is 2.07 bits per heavy atom. The third kappa shape index (κ3) is 2.82. The standard InChI is InChI=1S/C9H14ClN3O/c1-6-7(2)12-9(13-8(6)10)11-4-3-5-14/h14H,3-5H2,1-2H3,(H,11,12,13). The smallest absolute Gasteiger partial charge is 0.224 e. The van der Waals surface area contributed by atoms with Gasteiger partial charge in [-0.05, 0) is 20.3 Å². The molecule has 2 N–H and O–H groups in total. The van der Waals surface area contributed by atoms with Gasteiger partial charge < -0.3 is 10.4 Å². The van der Waals surface area contributed by atoms with Crippen molar-refractivity contribution in [3.63, 3.8) is 0 Å². The molecule has 0 saturated heterocycles. The molecule has 14 heavy (non-hydrogen) atoms. The predicted octanol–water partition coefficient (Wildman–Crippen LogP) is 1.54. The summed E-state index contributed by atoms with van der Waals surface area (Å²) >= 11 is 5.89. The summed E-state index contributed by atoms with van der Waals surface area (Å²) in [6.45, 7) is 4.58. The van der Waals surface area contributed by atoms with Crippen molar-refractivity contribution in [1.29, 1.82) is 0 Å². The van der Waals surface area contributed by atoms with Gasteiger partial charge in [0, 0.05) is 24.4 Å². The van der Waals surface area contributed by atoms with Crippen molar-refractivity contribution in [1.82, 2.24) is 9.97 Å². The van der Waals surface area contributed by atoms with E-state index in [2.05, 4.69) is 15.3 Å². The molecule has 4 nitrogen and oxygen atoms in total. The molecule has 0 spiro atoms. The molecular formula is C9H14ClN3O. The van der Waals surface area contributed by atoms with E-state index in [0.717, 1.165) is 11.3 Å². The zero-order valence-corrected chi connectivity index (χ0v) is 9.10. The Kier molecular flexibility index (Phi) is 4.10. The third-order valence-electron chi connectivity index (χ3n) is 1.95. The lowest BCUT2D eigenvalue weighted by Crippen LogP contribution is -2.08. The van der Waals surface area contributed by atoms with Gasteiger partial charge in [-0.25, -0.2) is 9.97 Å². The number of nitrogens with one attached hydrogen (secondary N) is 1. The predicted molar refractivity (Wildman–Crippen MR) is 56.7 cm³/mol. The molecule has 1 aromatic heterocycles. The van der Waals surface area contributed by atoms with Crippen LogP contribution in [0.25, 0.3) is 0 Å². The number of hydrogen-bond donors (Lipinski definition) is 2. The van der Waals surface area contributed by atoms with Crippen LogP contribution in [-0.2, 0) is 0 Å². The lowest BCUT2D eigenvalue weighted by molar-refractivity contribution is 0.292. The van der Waals surface area contributed by atoms with Crippen LogP contribution in [0.5, 0.6) is 0 Å². The van der Waals surface area contributed by atoms with Gasteiger partial charge in [-0.3, -0.25) is 0 Å². The number of hydrogen-bond acceptors (Lipinski definition) is 4. The van der Waals surface area contributed by atoms with E-state index in [9.17, 15) is 0 Å². The number of aliphatic hydroxyl groups excluding tert-OH is 1. The van der Waals surface area contributed by atoms with Gasteiger partial charge in [0.25, 0.3) is 0 Å². The molecule has 0 aliphatic carbocycles. The van der Waals surface area contributed by atoms with Crippen molar-refractivity contribution in [2.24, 2.45) is 0 Å². The highest BCUT2D eigenvalue weighted by Gasteiger charge is 2.04. The maximum Gasteiger partial charge on any atom is 0.224 e. The normalized spacial score (nSPS) is 10.3. The lowest BCUT2D eigenvalue weighted by atomic mass is 10.3. The number of aryl methyl sites for hydroxylation is 1. The Morgan fingerprint density at radius 1 is 1.36 bits per heavy atom. The van der Waals surface area contributed by atoms with Crippen LogP contribution in [0, 0.1) is 13.8 Å². The van der Waals surface area contributed by atoms with Gasteiger partial charge in [-0.15, -0.1) is 0 Å². The van der Waals surface area contributed by atoms with Crippen LogP contribution in [-0.4, -0.2) is 28.2 Å². The molecular weight excluding hydrogens is 202 g/mol. The first-order valence-electron chi connectivity index (χ1n) is 4.50. The number of rotatable bonds is 4. The van der Waals surface area contributed by atoms with Gasteiger partial charge in [0.05, 0.1) is 0 Å². The summed E-state index contributed by atoms with van der Waals surface area (Å²) in [4.78, 5) is 8.28. The fourth-order valence-electron chi connectivity index (χ4n) is 0.952. The minimum atomic E-state index is 0.158. The number of halogens is 1. The van der Waals surface area contributed by atoms with Crippen LogP contribution < -0.4 is 5.32 Å². The average Bonchev–Trinajstić information content (AvgIpc) is 2.14. The summed E-state index contributed by atoms with van der Waals surface area (Å²) in [5.41, 5.74) is 1.77. The molecule has 5 heteroatoms. The maximum atomic E-state index is 8.59. The van der Waals surface area contributed by atoms with Crippen molar-refractivity contribution < 1.29 is 5.11 Å². The average molecular weight is 216 g/mol. The van der Waals surface area contributed by atoms with Crippen molar-refractivity contribution in [2.75, 3.05) is 18.5 Å². The Morgan fingerprint density at radius 3 is 2.64 bits per heavy atom. The minimum Gasteiger partial charge on any atom is -0.396 e. The molecule has 1 heterocycles. The molecule has 0 aliphatic rings. The largest absolute Gasteiger partial charge is 0.396 e. The molecule has 0 amide bonds. The van der Waals surface area contributed by atoms with Crippen LogP contribution in [0.3, 0.4) is 0 Å². The highest BCUT2D eigenvalue weighted by atomic mass is 35.5. The van der Waals surface area contributed by atoms with Crippen molar-refractivity contribution >= 4 is 17.5 Å². The molecule has 1 aromatic rings. The van der Waals surface area contributed by atoms with E-state index < -0.39 is 0 Å². The van der Waals surface area contributed by atoms with Crippen molar-refractivity contribution in [3.05, 3.63) is 16.4 Å². The van der Waals surface area contributed by atoms with Crippen LogP contribution in [0.4, 0.5) is 5.95 Å². The fourth-order valence-corrected chi connectivity index (χ4v) is 1.17. The second kappa shape index (κ2) is 5.12. The molecule has 0 aliphatic heterocycles. The van der Waals surface area contributed by atoms with E-state index in [-0.39, 0.29) is 6.61 Å². The molecule has 78 valence electrons. The second-order valence-electron chi connectivity index (χ2n) is 3.05. The SMILES string of the molecule is Cc1nc(NCCCO)nc(Cl)c1C. The summed E-state index contributed by atoms with van der Waals surface area (Å²) in [6.07, 6.45) is 0.675.